The summed E-state index contributed by atoms with van der Waals surface area (Å²) in [5.74, 6) is -0.525. The average molecular weight is 275 g/mol. The third-order valence-electron chi connectivity index (χ3n) is 2.90. The number of aliphatic imine (C=N–C) groups is 1. The molecule has 0 saturated carbocycles. The normalized spacial score (nSPS) is 13.7. The second-order valence-electron chi connectivity index (χ2n) is 4.50. The van der Waals surface area contributed by atoms with Crippen LogP contribution in [0.5, 0.6) is 0 Å². The zero-order valence-corrected chi connectivity index (χ0v) is 11.5. The Morgan fingerprint density at radius 1 is 1.26 bits per heavy atom. The molecule has 1 aliphatic heterocycles. The van der Waals surface area contributed by atoms with Gasteiger partial charge in [0.2, 0.25) is 0 Å². The van der Waals surface area contributed by atoms with E-state index in [4.69, 9.17) is 0 Å². The number of hydrogen-bond donors (Lipinski definition) is 0. The monoisotopic (exact) mass is 275 g/mol. The molecule has 0 atom stereocenters. The van der Waals surface area contributed by atoms with Crippen LogP contribution in [0.4, 0.5) is 5.69 Å². The van der Waals surface area contributed by atoms with Gasteiger partial charge in [-0.1, -0.05) is 0 Å². The number of rotatable bonds is 4. The lowest BCUT2D eigenvalue weighted by Gasteiger charge is -2.16. The number of isothiocyanates is 1. The molecule has 98 valence electrons. The first-order chi connectivity index (χ1) is 9.04. The quantitative estimate of drug-likeness (QED) is 0.475. The second kappa shape index (κ2) is 5.40. The SMILES string of the molecule is CN(C)CCN1C(=O)c2ccc(N=C=S)cc2C1=O. The van der Waals surface area contributed by atoms with Gasteiger partial charge in [-0.05, 0) is 44.5 Å². The Hall–Kier alpha value is -1.88. The number of nitrogens with zero attached hydrogens (tertiary/aromatic N) is 3. The van der Waals surface area contributed by atoms with Gasteiger partial charge in [-0.25, -0.2) is 0 Å². The Morgan fingerprint density at radius 2 is 1.95 bits per heavy atom. The lowest BCUT2D eigenvalue weighted by molar-refractivity contribution is 0.0645. The van der Waals surface area contributed by atoms with E-state index in [1.54, 1.807) is 18.2 Å². The molecule has 0 spiro atoms. The van der Waals surface area contributed by atoms with E-state index in [-0.39, 0.29) is 11.8 Å². The van der Waals surface area contributed by atoms with Crippen LogP contribution in [0.25, 0.3) is 0 Å². The number of carbonyl (C=O) groups excluding carboxylic acids is 2. The number of likely N-dealkylation sites (N-methyl/N-ethyl adjacent to an activating group) is 1. The van der Waals surface area contributed by atoms with Gasteiger partial charge in [0, 0.05) is 13.1 Å². The van der Waals surface area contributed by atoms with Gasteiger partial charge in [-0.3, -0.25) is 14.5 Å². The van der Waals surface area contributed by atoms with E-state index in [2.05, 4.69) is 22.4 Å². The van der Waals surface area contributed by atoms with Crippen molar-refractivity contribution in [2.24, 2.45) is 4.99 Å². The van der Waals surface area contributed by atoms with Crippen molar-refractivity contribution in [3.05, 3.63) is 29.3 Å². The summed E-state index contributed by atoms with van der Waals surface area (Å²) in [7, 11) is 3.79. The zero-order chi connectivity index (χ0) is 14.0. The summed E-state index contributed by atoms with van der Waals surface area (Å²) in [5.41, 5.74) is 1.34. The maximum Gasteiger partial charge on any atom is 0.261 e. The summed E-state index contributed by atoms with van der Waals surface area (Å²) in [5, 5.41) is 2.24. The molecule has 5 nitrogen and oxygen atoms in total. The Bertz CT molecular complexity index is 592. The second-order valence-corrected chi connectivity index (χ2v) is 4.68. The molecule has 1 aromatic rings. The highest BCUT2D eigenvalue weighted by molar-refractivity contribution is 7.78. The fourth-order valence-corrected chi connectivity index (χ4v) is 2.01. The molecule has 19 heavy (non-hydrogen) atoms. The molecule has 2 amide bonds. The van der Waals surface area contributed by atoms with Crippen LogP contribution in [0.15, 0.2) is 23.2 Å². The van der Waals surface area contributed by atoms with Crippen LogP contribution in [0.2, 0.25) is 0 Å². The highest BCUT2D eigenvalue weighted by Gasteiger charge is 2.35. The minimum absolute atomic E-state index is 0.250. The van der Waals surface area contributed by atoms with Crippen molar-refractivity contribution in [1.29, 1.82) is 0 Å². The molecule has 0 radical (unpaired) electrons. The minimum Gasteiger partial charge on any atom is -0.308 e. The van der Waals surface area contributed by atoms with Crippen molar-refractivity contribution in [3.8, 4) is 0 Å². The average Bonchev–Trinajstić information content (AvgIpc) is 2.60. The molecule has 0 aliphatic carbocycles. The molecular weight excluding hydrogens is 262 g/mol. The van der Waals surface area contributed by atoms with Gasteiger partial charge in [-0.2, -0.15) is 4.99 Å². The fourth-order valence-electron chi connectivity index (χ4n) is 1.90. The van der Waals surface area contributed by atoms with E-state index in [0.717, 1.165) is 0 Å². The van der Waals surface area contributed by atoms with Gasteiger partial charge in [-0.15, -0.1) is 0 Å². The Balaban J connectivity index is 2.30. The van der Waals surface area contributed by atoms with Crippen LogP contribution in [0.3, 0.4) is 0 Å². The van der Waals surface area contributed by atoms with E-state index < -0.39 is 0 Å². The van der Waals surface area contributed by atoms with Crippen LogP contribution in [-0.2, 0) is 0 Å². The molecule has 1 aromatic carbocycles. The molecular formula is C13H13N3O2S. The van der Waals surface area contributed by atoms with Crippen LogP contribution >= 0.6 is 12.2 Å². The van der Waals surface area contributed by atoms with Crippen LogP contribution in [0, 0.1) is 0 Å². The van der Waals surface area contributed by atoms with Crippen molar-refractivity contribution >= 4 is 34.9 Å². The maximum absolute atomic E-state index is 12.2. The fraction of sp³-hybridized carbons (Fsp3) is 0.308. The Kier molecular flexibility index (Phi) is 3.85. The van der Waals surface area contributed by atoms with Gasteiger partial charge in [0.15, 0.2) is 0 Å². The van der Waals surface area contributed by atoms with Gasteiger partial charge in [0.1, 0.15) is 0 Å². The highest BCUT2D eigenvalue weighted by atomic mass is 32.1. The van der Waals surface area contributed by atoms with Crippen molar-refractivity contribution in [2.45, 2.75) is 0 Å². The predicted molar refractivity (Wildman–Crippen MR) is 75.0 cm³/mol. The van der Waals surface area contributed by atoms with E-state index >= 15 is 0 Å². The third kappa shape index (κ3) is 2.61. The molecule has 1 aliphatic rings. The number of fused-ring (bicyclic) bond motifs is 1. The standard InChI is InChI=1S/C13H13N3O2S/c1-15(2)5-6-16-12(17)10-4-3-9(14-8-19)7-11(10)13(16)18/h3-4,7H,5-6H2,1-2H3. The summed E-state index contributed by atoms with van der Waals surface area (Å²) in [6.07, 6.45) is 0. The highest BCUT2D eigenvalue weighted by Crippen LogP contribution is 2.26. The zero-order valence-electron chi connectivity index (χ0n) is 10.7. The molecule has 0 fully saturated rings. The lowest BCUT2D eigenvalue weighted by Crippen LogP contribution is -2.35. The first-order valence-electron chi connectivity index (χ1n) is 5.77. The van der Waals surface area contributed by atoms with Crippen molar-refractivity contribution < 1.29 is 9.59 Å². The first-order valence-corrected chi connectivity index (χ1v) is 6.18. The smallest absolute Gasteiger partial charge is 0.261 e. The summed E-state index contributed by atoms with van der Waals surface area (Å²) >= 11 is 4.52. The molecule has 1 heterocycles. The van der Waals surface area contributed by atoms with E-state index in [0.29, 0.717) is 29.9 Å². The molecule has 0 saturated heterocycles. The molecule has 2 rings (SSSR count). The molecule has 0 unspecified atom stereocenters. The summed E-state index contributed by atoms with van der Waals surface area (Å²) in [4.78, 5) is 31.3. The molecule has 0 N–H and O–H groups in total. The first kappa shape index (κ1) is 13.5. The third-order valence-corrected chi connectivity index (χ3v) is 2.99. The van der Waals surface area contributed by atoms with Crippen molar-refractivity contribution in [1.82, 2.24) is 9.80 Å². The number of amides is 2. The van der Waals surface area contributed by atoms with Crippen molar-refractivity contribution in [2.75, 3.05) is 27.2 Å². The van der Waals surface area contributed by atoms with Crippen LogP contribution in [0.1, 0.15) is 20.7 Å². The molecule has 0 aromatic heterocycles. The number of benzene rings is 1. The van der Waals surface area contributed by atoms with Gasteiger partial charge in [0.25, 0.3) is 11.8 Å². The summed E-state index contributed by atoms with van der Waals surface area (Å²) in [6.45, 7) is 1.02. The van der Waals surface area contributed by atoms with Crippen LogP contribution < -0.4 is 0 Å². The van der Waals surface area contributed by atoms with E-state index in [1.165, 1.54) is 4.90 Å². The minimum atomic E-state index is -0.275. The van der Waals surface area contributed by atoms with E-state index in [1.807, 2.05) is 19.0 Å². The lowest BCUT2D eigenvalue weighted by atomic mass is 10.1. The van der Waals surface area contributed by atoms with Gasteiger partial charge < -0.3 is 4.90 Å². The molecule has 6 heteroatoms. The van der Waals surface area contributed by atoms with Crippen molar-refractivity contribution in [3.63, 3.8) is 0 Å². The van der Waals surface area contributed by atoms with Gasteiger partial charge in [0.05, 0.1) is 22.0 Å². The largest absolute Gasteiger partial charge is 0.308 e. The summed E-state index contributed by atoms with van der Waals surface area (Å²) in [6, 6.07) is 4.83. The van der Waals surface area contributed by atoms with Crippen LogP contribution in [-0.4, -0.2) is 54.0 Å². The maximum atomic E-state index is 12.2. The summed E-state index contributed by atoms with van der Waals surface area (Å²) < 4.78 is 0. The topological polar surface area (TPSA) is 53.0 Å². The predicted octanol–water partition coefficient (Wildman–Crippen LogP) is 1.58. The van der Waals surface area contributed by atoms with Gasteiger partial charge >= 0.3 is 0 Å². The van der Waals surface area contributed by atoms with E-state index in [9.17, 15) is 9.59 Å². The number of thiocarbonyl (C=S) groups is 1. The Morgan fingerprint density at radius 3 is 2.58 bits per heavy atom. The Labute approximate surface area is 116 Å². The number of hydrogen-bond acceptors (Lipinski definition) is 5. The number of imide groups is 1. The number of carbonyl (C=O) groups is 2. The molecule has 0 bridgehead atoms.